The molecule has 1 aromatic carbocycles. The maximum atomic E-state index is 11.2. The SMILES string of the molecule is CN(C)C=O.Cc1cn2cc(C(=O)O)cc(OCc3ccccc3)c2n1. The molecule has 2 heterocycles. The van der Waals surface area contributed by atoms with Crippen molar-refractivity contribution in [2.75, 3.05) is 14.1 Å². The highest BCUT2D eigenvalue weighted by atomic mass is 16.5. The molecule has 3 aromatic rings. The highest BCUT2D eigenvalue weighted by Gasteiger charge is 2.12. The average Bonchev–Trinajstić information content (AvgIpc) is 3.01. The fourth-order valence-corrected chi connectivity index (χ4v) is 2.15. The minimum absolute atomic E-state index is 0.169. The van der Waals surface area contributed by atoms with Crippen molar-refractivity contribution in [3.8, 4) is 5.75 Å². The molecule has 3 rings (SSSR count). The summed E-state index contributed by atoms with van der Waals surface area (Å²) in [7, 11) is 3.38. The van der Waals surface area contributed by atoms with Crippen LogP contribution in [0.4, 0.5) is 0 Å². The normalized spacial score (nSPS) is 9.96. The number of carboxylic acids is 1. The lowest BCUT2D eigenvalue weighted by molar-refractivity contribution is -0.115. The Morgan fingerprint density at radius 1 is 1.27 bits per heavy atom. The summed E-state index contributed by atoms with van der Waals surface area (Å²) in [4.78, 5) is 26.4. The number of pyridine rings is 1. The van der Waals surface area contributed by atoms with Crippen LogP contribution in [-0.4, -0.2) is 45.9 Å². The summed E-state index contributed by atoms with van der Waals surface area (Å²) in [5.41, 5.74) is 2.61. The molecule has 0 saturated carbocycles. The van der Waals surface area contributed by atoms with Crippen molar-refractivity contribution >= 4 is 18.0 Å². The number of hydrogen-bond acceptors (Lipinski definition) is 4. The van der Waals surface area contributed by atoms with Crippen molar-refractivity contribution in [3.63, 3.8) is 0 Å². The third-order valence-electron chi connectivity index (χ3n) is 3.33. The number of nitrogens with zero attached hydrogens (tertiary/aromatic N) is 3. The van der Waals surface area contributed by atoms with Gasteiger partial charge in [-0.3, -0.25) is 4.79 Å². The number of ether oxygens (including phenoxy) is 1. The Balaban J connectivity index is 0.000000431. The number of aromatic nitrogens is 2. The zero-order valence-corrected chi connectivity index (χ0v) is 14.9. The molecule has 0 aliphatic carbocycles. The molecule has 0 atom stereocenters. The molecule has 0 fully saturated rings. The zero-order valence-electron chi connectivity index (χ0n) is 14.9. The maximum absolute atomic E-state index is 11.2. The van der Waals surface area contributed by atoms with E-state index in [-0.39, 0.29) is 5.56 Å². The minimum atomic E-state index is -0.993. The number of amides is 1. The van der Waals surface area contributed by atoms with Gasteiger partial charge >= 0.3 is 5.97 Å². The van der Waals surface area contributed by atoms with E-state index < -0.39 is 5.97 Å². The molecule has 1 N–H and O–H groups in total. The smallest absolute Gasteiger partial charge is 0.337 e. The summed E-state index contributed by atoms with van der Waals surface area (Å²) in [6.07, 6.45) is 4.06. The quantitative estimate of drug-likeness (QED) is 0.711. The molecule has 0 radical (unpaired) electrons. The molecule has 0 unspecified atom stereocenters. The molecule has 7 nitrogen and oxygen atoms in total. The van der Waals surface area contributed by atoms with Gasteiger partial charge in [-0.15, -0.1) is 0 Å². The van der Waals surface area contributed by atoms with E-state index in [1.165, 1.54) is 17.2 Å². The molecule has 0 aliphatic heterocycles. The molecule has 1 amide bonds. The summed E-state index contributed by atoms with van der Waals surface area (Å²) in [5, 5.41) is 9.17. The lowest BCUT2D eigenvalue weighted by Gasteiger charge is -2.08. The number of aryl methyl sites for hydroxylation is 1. The van der Waals surface area contributed by atoms with Crippen molar-refractivity contribution in [2.45, 2.75) is 13.5 Å². The molecule has 2 aromatic heterocycles. The lowest BCUT2D eigenvalue weighted by Crippen LogP contribution is -2.06. The number of hydrogen-bond donors (Lipinski definition) is 1. The first-order valence-corrected chi connectivity index (χ1v) is 7.92. The Morgan fingerprint density at radius 3 is 2.50 bits per heavy atom. The predicted octanol–water partition coefficient (Wildman–Crippen LogP) is 2.62. The van der Waals surface area contributed by atoms with E-state index in [4.69, 9.17) is 4.74 Å². The van der Waals surface area contributed by atoms with Crippen LogP contribution in [0.15, 0.2) is 48.8 Å². The van der Waals surface area contributed by atoms with Gasteiger partial charge in [0.25, 0.3) is 0 Å². The van der Waals surface area contributed by atoms with E-state index in [0.717, 1.165) is 17.7 Å². The fourth-order valence-electron chi connectivity index (χ4n) is 2.15. The van der Waals surface area contributed by atoms with Gasteiger partial charge in [0.2, 0.25) is 6.41 Å². The Bertz CT molecular complexity index is 888. The van der Waals surface area contributed by atoms with Gasteiger partial charge in [-0.1, -0.05) is 30.3 Å². The Labute approximate surface area is 151 Å². The Morgan fingerprint density at radius 2 is 1.92 bits per heavy atom. The van der Waals surface area contributed by atoms with E-state index >= 15 is 0 Å². The van der Waals surface area contributed by atoms with Gasteiger partial charge in [0, 0.05) is 32.6 Å². The summed E-state index contributed by atoms with van der Waals surface area (Å²) < 4.78 is 7.44. The second-order valence-corrected chi connectivity index (χ2v) is 5.85. The second-order valence-electron chi connectivity index (χ2n) is 5.85. The fraction of sp³-hybridized carbons (Fsp3) is 0.211. The van der Waals surface area contributed by atoms with Crippen LogP contribution in [0.1, 0.15) is 21.6 Å². The highest BCUT2D eigenvalue weighted by molar-refractivity contribution is 5.88. The number of aromatic carboxylic acids is 1. The van der Waals surface area contributed by atoms with Gasteiger partial charge < -0.3 is 19.1 Å². The van der Waals surface area contributed by atoms with Gasteiger partial charge in [0.1, 0.15) is 6.61 Å². The van der Waals surface area contributed by atoms with Crippen LogP contribution in [0.25, 0.3) is 5.65 Å². The standard InChI is InChI=1S/C16H14N2O3.C3H7NO/c1-11-8-18-9-13(16(19)20)7-14(15(18)17-11)21-10-12-5-3-2-4-6-12;1-4(2)3-5/h2-9H,10H2,1H3,(H,19,20);3H,1-2H3. The van der Waals surface area contributed by atoms with E-state index in [1.54, 1.807) is 24.7 Å². The van der Waals surface area contributed by atoms with Gasteiger partial charge in [0.15, 0.2) is 11.4 Å². The molecule has 136 valence electrons. The third kappa shape index (κ3) is 5.07. The Kier molecular flexibility index (Phi) is 6.32. The number of carboxylic acid groups (broad SMARTS) is 1. The van der Waals surface area contributed by atoms with Crippen molar-refractivity contribution in [2.24, 2.45) is 0 Å². The summed E-state index contributed by atoms with van der Waals surface area (Å²) in [6, 6.07) is 11.2. The van der Waals surface area contributed by atoms with Crippen molar-refractivity contribution < 1.29 is 19.4 Å². The van der Waals surface area contributed by atoms with Crippen LogP contribution in [0.2, 0.25) is 0 Å². The first-order valence-electron chi connectivity index (χ1n) is 7.92. The number of benzene rings is 1. The van der Waals surface area contributed by atoms with Crippen molar-refractivity contribution in [1.82, 2.24) is 14.3 Å². The lowest BCUT2D eigenvalue weighted by atomic mass is 10.2. The Hall–Kier alpha value is -3.35. The highest BCUT2D eigenvalue weighted by Crippen LogP contribution is 2.22. The second kappa shape index (κ2) is 8.66. The number of fused-ring (bicyclic) bond motifs is 1. The molecular weight excluding hydrogens is 334 g/mol. The summed E-state index contributed by atoms with van der Waals surface area (Å²) in [6.45, 7) is 2.22. The number of rotatable bonds is 5. The number of carbonyl (C=O) groups is 2. The maximum Gasteiger partial charge on any atom is 0.337 e. The predicted molar refractivity (Wildman–Crippen MR) is 97.4 cm³/mol. The van der Waals surface area contributed by atoms with Crippen LogP contribution in [0.5, 0.6) is 5.75 Å². The zero-order chi connectivity index (χ0) is 19.1. The van der Waals surface area contributed by atoms with E-state index in [2.05, 4.69) is 4.98 Å². The van der Waals surface area contributed by atoms with Crippen LogP contribution < -0.4 is 4.74 Å². The molecule has 7 heteroatoms. The first-order chi connectivity index (χ1) is 12.4. The third-order valence-corrected chi connectivity index (χ3v) is 3.33. The van der Waals surface area contributed by atoms with Crippen molar-refractivity contribution in [1.29, 1.82) is 0 Å². The van der Waals surface area contributed by atoms with Crippen LogP contribution >= 0.6 is 0 Å². The topological polar surface area (TPSA) is 84.1 Å². The molecule has 0 spiro atoms. The average molecular weight is 355 g/mol. The largest absolute Gasteiger partial charge is 0.485 e. The summed E-state index contributed by atoms with van der Waals surface area (Å²) in [5.74, 6) is -0.528. The minimum Gasteiger partial charge on any atom is -0.485 e. The van der Waals surface area contributed by atoms with Gasteiger partial charge in [-0.05, 0) is 12.5 Å². The molecular formula is C19H21N3O4. The molecule has 0 saturated heterocycles. The van der Waals surface area contributed by atoms with Crippen LogP contribution in [0, 0.1) is 6.92 Å². The van der Waals surface area contributed by atoms with Gasteiger partial charge in [-0.2, -0.15) is 0 Å². The monoisotopic (exact) mass is 355 g/mol. The van der Waals surface area contributed by atoms with E-state index in [9.17, 15) is 14.7 Å². The van der Waals surface area contributed by atoms with Crippen LogP contribution in [-0.2, 0) is 11.4 Å². The molecule has 0 bridgehead atoms. The van der Waals surface area contributed by atoms with Gasteiger partial charge in [0.05, 0.1) is 11.3 Å². The van der Waals surface area contributed by atoms with Crippen LogP contribution in [0.3, 0.4) is 0 Å². The van der Waals surface area contributed by atoms with E-state index in [0.29, 0.717) is 18.0 Å². The number of imidazole rings is 1. The van der Waals surface area contributed by atoms with E-state index in [1.807, 2.05) is 37.3 Å². The summed E-state index contributed by atoms with van der Waals surface area (Å²) >= 11 is 0. The molecule has 26 heavy (non-hydrogen) atoms. The van der Waals surface area contributed by atoms with Gasteiger partial charge in [-0.25, -0.2) is 9.78 Å². The number of carbonyl (C=O) groups excluding carboxylic acids is 1. The molecule has 0 aliphatic rings. The van der Waals surface area contributed by atoms with Crippen molar-refractivity contribution in [3.05, 3.63) is 65.6 Å². The first kappa shape index (κ1) is 19.0.